The number of pyridine rings is 1. The van der Waals surface area contributed by atoms with Gasteiger partial charge in [-0.3, -0.25) is 14.3 Å². The van der Waals surface area contributed by atoms with Crippen LogP contribution in [0.4, 0.5) is 5.69 Å². The van der Waals surface area contributed by atoms with Crippen molar-refractivity contribution in [1.82, 2.24) is 9.55 Å². The second-order valence-electron chi connectivity index (χ2n) is 5.49. The molecule has 0 aliphatic carbocycles. The number of fused-ring (bicyclic) bond motifs is 1. The molecular weight excluding hydrogens is 374 g/mol. The Morgan fingerprint density at radius 2 is 2.22 bits per heavy atom. The minimum atomic E-state index is -0.0187. The highest BCUT2D eigenvalue weighted by molar-refractivity contribution is 9.10. The predicted molar refractivity (Wildman–Crippen MR) is 97.8 cm³/mol. The first kappa shape index (κ1) is 14.8. The molecule has 4 rings (SSSR count). The van der Waals surface area contributed by atoms with Crippen LogP contribution in [0.3, 0.4) is 0 Å². The maximum atomic E-state index is 12.9. The highest BCUT2D eigenvalue weighted by Crippen LogP contribution is 2.32. The van der Waals surface area contributed by atoms with Crippen molar-refractivity contribution in [2.45, 2.75) is 0 Å². The number of carbonyl (C=O) groups excluding carboxylic acids is 1. The van der Waals surface area contributed by atoms with Gasteiger partial charge in [-0.1, -0.05) is 22.0 Å². The smallest absolute Gasteiger partial charge is 0.236 e. The molecule has 0 N–H and O–H groups in total. The summed E-state index contributed by atoms with van der Waals surface area (Å²) in [5, 5.41) is 1.08. The summed E-state index contributed by atoms with van der Waals surface area (Å²) in [5.74, 6) is 0.924. The summed E-state index contributed by atoms with van der Waals surface area (Å²) < 4.78 is 4.91. The lowest BCUT2D eigenvalue weighted by Crippen LogP contribution is -2.26. The van der Waals surface area contributed by atoms with E-state index in [4.69, 9.17) is 0 Å². The fraction of sp³-hybridized carbons (Fsp3) is 0.176. The van der Waals surface area contributed by atoms with E-state index in [0.29, 0.717) is 6.54 Å². The molecular formula is C17H14BrN3OS. The first-order chi connectivity index (χ1) is 11.2. The van der Waals surface area contributed by atoms with E-state index in [0.717, 1.165) is 26.8 Å². The molecule has 1 aromatic carbocycles. The molecule has 3 heterocycles. The molecule has 0 bridgehead atoms. The van der Waals surface area contributed by atoms with Crippen molar-refractivity contribution in [3.05, 3.63) is 59.5 Å². The lowest BCUT2D eigenvalue weighted by Gasteiger charge is -2.16. The fourth-order valence-electron chi connectivity index (χ4n) is 2.81. The first-order valence-electron chi connectivity index (χ1n) is 7.34. The van der Waals surface area contributed by atoms with Crippen LogP contribution in [0.25, 0.3) is 10.9 Å². The van der Waals surface area contributed by atoms with Crippen LogP contribution in [-0.4, -0.2) is 27.8 Å². The Kier molecular flexibility index (Phi) is 3.87. The SMILES string of the molecule is O=C(C1CSN(c2cccnc2)C1)n1ccc2ccc(Br)cc21. The van der Waals surface area contributed by atoms with Crippen molar-refractivity contribution in [2.24, 2.45) is 5.92 Å². The number of rotatable bonds is 2. The number of hydrogen-bond acceptors (Lipinski definition) is 4. The number of carbonyl (C=O) groups is 1. The molecule has 3 aromatic rings. The average molecular weight is 388 g/mol. The first-order valence-corrected chi connectivity index (χ1v) is 9.07. The number of aromatic nitrogens is 2. The summed E-state index contributed by atoms with van der Waals surface area (Å²) in [6.07, 6.45) is 5.47. The Hall–Kier alpha value is -1.79. The van der Waals surface area contributed by atoms with Crippen LogP contribution < -0.4 is 4.31 Å². The minimum absolute atomic E-state index is 0.0187. The minimum Gasteiger partial charge on any atom is -0.314 e. The maximum absolute atomic E-state index is 12.9. The summed E-state index contributed by atoms with van der Waals surface area (Å²) >= 11 is 5.17. The molecule has 0 saturated carbocycles. The van der Waals surface area contributed by atoms with E-state index in [2.05, 4.69) is 25.2 Å². The molecule has 1 aliphatic heterocycles. The largest absolute Gasteiger partial charge is 0.314 e. The van der Waals surface area contributed by atoms with Crippen molar-refractivity contribution >= 4 is 50.4 Å². The molecule has 1 fully saturated rings. The van der Waals surface area contributed by atoms with Crippen molar-refractivity contribution in [3.63, 3.8) is 0 Å². The van der Waals surface area contributed by atoms with E-state index in [-0.39, 0.29) is 11.8 Å². The summed E-state index contributed by atoms with van der Waals surface area (Å²) in [7, 11) is 0. The topological polar surface area (TPSA) is 38.1 Å². The van der Waals surface area contributed by atoms with Gasteiger partial charge in [0.25, 0.3) is 0 Å². The molecule has 2 aromatic heterocycles. The third-order valence-electron chi connectivity index (χ3n) is 3.99. The summed E-state index contributed by atoms with van der Waals surface area (Å²) in [4.78, 5) is 17.1. The van der Waals surface area contributed by atoms with Gasteiger partial charge in [0.15, 0.2) is 0 Å². The van der Waals surface area contributed by atoms with E-state index in [1.165, 1.54) is 0 Å². The number of nitrogens with zero attached hydrogens (tertiary/aromatic N) is 3. The van der Waals surface area contributed by atoms with Gasteiger partial charge in [-0.15, -0.1) is 0 Å². The highest BCUT2D eigenvalue weighted by Gasteiger charge is 2.31. The fourth-order valence-corrected chi connectivity index (χ4v) is 4.31. The highest BCUT2D eigenvalue weighted by atomic mass is 79.9. The summed E-state index contributed by atoms with van der Waals surface area (Å²) in [6.45, 7) is 0.711. The van der Waals surface area contributed by atoms with Gasteiger partial charge in [-0.25, -0.2) is 0 Å². The molecule has 1 aliphatic rings. The monoisotopic (exact) mass is 387 g/mol. The third-order valence-corrected chi connectivity index (χ3v) is 5.71. The summed E-state index contributed by atoms with van der Waals surface area (Å²) in [5.41, 5.74) is 2.00. The zero-order chi connectivity index (χ0) is 15.8. The molecule has 1 atom stereocenters. The number of anilines is 1. The van der Waals surface area contributed by atoms with Gasteiger partial charge in [0.05, 0.1) is 23.3 Å². The number of halogens is 1. The Labute approximate surface area is 146 Å². The molecule has 4 nitrogen and oxygen atoms in total. The van der Waals surface area contributed by atoms with Gasteiger partial charge >= 0.3 is 0 Å². The van der Waals surface area contributed by atoms with Gasteiger partial charge in [-0.05, 0) is 42.3 Å². The standard InChI is InChI=1S/C17H14BrN3OS/c18-14-4-3-12-5-7-20(16(12)8-14)17(22)13-10-21(23-11-13)15-2-1-6-19-9-15/h1-9,13H,10-11H2. The van der Waals surface area contributed by atoms with Crippen molar-refractivity contribution in [1.29, 1.82) is 0 Å². The van der Waals surface area contributed by atoms with Gasteiger partial charge in [0.1, 0.15) is 0 Å². The third kappa shape index (κ3) is 2.77. The van der Waals surface area contributed by atoms with Gasteiger partial charge < -0.3 is 4.31 Å². The molecule has 0 amide bonds. The molecule has 6 heteroatoms. The quantitative estimate of drug-likeness (QED) is 0.616. The van der Waals surface area contributed by atoms with Crippen LogP contribution in [0.15, 0.2) is 59.5 Å². The van der Waals surface area contributed by atoms with Gasteiger partial charge in [0.2, 0.25) is 5.91 Å². The molecule has 0 radical (unpaired) electrons. The number of hydrogen-bond donors (Lipinski definition) is 0. The zero-order valence-electron chi connectivity index (χ0n) is 12.2. The van der Waals surface area contributed by atoms with Crippen molar-refractivity contribution in [3.8, 4) is 0 Å². The molecule has 1 saturated heterocycles. The maximum Gasteiger partial charge on any atom is 0.236 e. The molecule has 23 heavy (non-hydrogen) atoms. The van der Waals surface area contributed by atoms with E-state index >= 15 is 0 Å². The Morgan fingerprint density at radius 1 is 1.30 bits per heavy atom. The summed E-state index contributed by atoms with van der Waals surface area (Å²) in [6, 6.07) is 11.9. The van der Waals surface area contributed by atoms with Crippen molar-refractivity contribution in [2.75, 3.05) is 16.6 Å². The van der Waals surface area contributed by atoms with E-state index in [9.17, 15) is 4.79 Å². The molecule has 0 spiro atoms. The number of benzene rings is 1. The second kappa shape index (κ2) is 6.02. The zero-order valence-corrected chi connectivity index (χ0v) is 14.6. The van der Waals surface area contributed by atoms with Crippen LogP contribution in [0, 0.1) is 5.92 Å². The van der Waals surface area contributed by atoms with E-state index in [1.807, 2.05) is 48.8 Å². The van der Waals surface area contributed by atoms with E-state index < -0.39 is 0 Å². The van der Waals surface area contributed by atoms with Crippen LogP contribution in [0.5, 0.6) is 0 Å². The van der Waals surface area contributed by atoms with Crippen LogP contribution in [0.2, 0.25) is 0 Å². The second-order valence-corrected chi connectivity index (χ2v) is 7.44. The van der Waals surface area contributed by atoms with Crippen molar-refractivity contribution < 1.29 is 4.79 Å². The van der Waals surface area contributed by atoms with Crippen LogP contribution in [-0.2, 0) is 0 Å². The normalized spacial score (nSPS) is 17.8. The lowest BCUT2D eigenvalue weighted by atomic mass is 10.1. The van der Waals surface area contributed by atoms with E-state index in [1.54, 1.807) is 22.7 Å². The Morgan fingerprint density at radius 3 is 3.04 bits per heavy atom. The van der Waals surface area contributed by atoms with Crippen LogP contribution in [0.1, 0.15) is 4.79 Å². The van der Waals surface area contributed by atoms with Crippen LogP contribution >= 0.6 is 27.9 Å². The molecule has 1 unspecified atom stereocenters. The lowest BCUT2D eigenvalue weighted by molar-refractivity contribution is 0.0862. The van der Waals surface area contributed by atoms with Gasteiger partial charge in [0, 0.05) is 34.6 Å². The Bertz CT molecular complexity index is 865. The average Bonchev–Trinajstić information content (AvgIpc) is 3.22. The predicted octanol–water partition coefficient (Wildman–Crippen LogP) is 4.22. The Balaban J connectivity index is 1.59. The van der Waals surface area contributed by atoms with Gasteiger partial charge in [-0.2, -0.15) is 0 Å². The molecule has 116 valence electrons.